The van der Waals surface area contributed by atoms with E-state index in [0.29, 0.717) is 5.13 Å². The number of hydrogen-bond acceptors (Lipinski definition) is 6. The Hall–Kier alpha value is -2.22. The van der Waals surface area contributed by atoms with Crippen LogP contribution in [0.3, 0.4) is 0 Å². The van der Waals surface area contributed by atoms with Crippen molar-refractivity contribution < 1.29 is 19.2 Å². The predicted molar refractivity (Wildman–Crippen MR) is 70.2 cm³/mol. The largest absolute Gasteiger partial charge is 0.475 e. The van der Waals surface area contributed by atoms with Gasteiger partial charge in [0.2, 0.25) is 5.76 Å². The topological polar surface area (TPSA) is 105 Å². The van der Waals surface area contributed by atoms with Gasteiger partial charge in [-0.1, -0.05) is 5.16 Å². The standard InChI is InChI=1S/C12H11N3O4S/c16-10(7-5-8(11(17)18)19-15-7)14-12-13-6-3-1-2-4-9(6)20-12/h5H,1-4H2,(H,17,18)(H,13,14,16). The van der Waals surface area contributed by atoms with Gasteiger partial charge < -0.3 is 9.63 Å². The molecule has 0 saturated heterocycles. The number of carbonyl (C=O) groups excluding carboxylic acids is 1. The molecule has 2 N–H and O–H groups in total. The third kappa shape index (κ3) is 2.42. The van der Waals surface area contributed by atoms with Crippen molar-refractivity contribution in [1.82, 2.24) is 10.1 Å². The molecule has 0 saturated carbocycles. The normalized spacial score (nSPS) is 13.8. The number of aryl methyl sites for hydroxylation is 2. The van der Waals surface area contributed by atoms with Gasteiger partial charge in [-0.25, -0.2) is 9.78 Å². The second kappa shape index (κ2) is 5.04. The maximum absolute atomic E-state index is 11.9. The third-order valence-corrected chi connectivity index (χ3v) is 4.09. The average Bonchev–Trinajstić information content (AvgIpc) is 3.04. The van der Waals surface area contributed by atoms with Gasteiger partial charge in [-0.3, -0.25) is 10.1 Å². The molecule has 8 heteroatoms. The SMILES string of the molecule is O=C(Nc1nc2c(s1)CCCC2)c1cc(C(=O)O)on1. The van der Waals surface area contributed by atoms with Gasteiger partial charge in [-0.2, -0.15) is 0 Å². The zero-order valence-electron chi connectivity index (χ0n) is 10.4. The molecule has 1 amide bonds. The van der Waals surface area contributed by atoms with Crippen molar-refractivity contribution in [2.24, 2.45) is 0 Å². The number of anilines is 1. The molecular weight excluding hydrogens is 282 g/mol. The minimum Gasteiger partial charge on any atom is -0.475 e. The first-order valence-corrected chi connectivity index (χ1v) is 6.95. The summed E-state index contributed by atoms with van der Waals surface area (Å²) in [6, 6.07) is 1.09. The van der Waals surface area contributed by atoms with E-state index in [-0.39, 0.29) is 11.5 Å². The molecule has 7 nitrogen and oxygen atoms in total. The predicted octanol–water partition coefficient (Wildman–Crippen LogP) is 1.96. The van der Waals surface area contributed by atoms with E-state index >= 15 is 0 Å². The van der Waals surface area contributed by atoms with Crippen LogP contribution in [0.2, 0.25) is 0 Å². The van der Waals surface area contributed by atoms with Gasteiger partial charge in [0.25, 0.3) is 5.91 Å². The molecule has 2 aromatic heterocycles. The molecule has 0 aliphatic heterocycles. The minimum atomic E-state index is -1.26. The maximum atomic E-state index is 11.9. The van der Waals surface area contributed by atoms with E-state index in [1.807, 2.05) is 0 Å². The number of nitrogens with one attached hydrogen (secondary N) is 1. The van der Waals surface area contributed by atoms with Crippen molar-refractivity contribution in [3.05, 3.63) is 28.1 Å². The van der Waals surface area contributed by atoms with Crippen LogP contribution in [0, 0.1) is 0 Å². The van der Waals surface area contributed by atoms with Gasteiger partial charge in [0.15, 0.2) is 10.8 Å². The first-order chi connectivity index (χ1) is 9.63. The lowest BCUT2D eigenvalue weighted by molar-refractivity contribution is 0.0651. The van der Waals surface area contributed by atoms with Crippen LogP contribution >= 0.6 is 11.3 Å². The molecule has 0 radical (unpaired) electrons. The lowest BCUT2D eigenvalue weighted by Gasteiger charge is -2.06. The molecule has 0 unspecified atom stereocenters. The number of carboxylic acids is 1. The summed E-state index contributed by atoms with van der Waals surface area (Å²) in [6.45, 7) is 0. The molecule has 1 aliphatic carbocycles. The van der Waals surface area contributed by atoms with Crippen LogP contribution in [-0.2, 0) is 12.8 Å². The van der Waals surface area contributed by atoms with E-state index in [0.717, 1.165) is 37.4 Å². The van der Waals surface area contributed by atoms with Crippen molar-refractivity contribution >= 4 is 28.3 Å². The van der Waals surface area contributed by atoms with Gasteiger partial charge in [-0.15, -0.1) is 11.3 Å². The Morgan fingerprint density at radius 1 is 1.35 bits per heavy atom. The van der Waals surface area contributed by atoms with Crippen LogP contribution in [0.5, 0.6) is 0 Å². The number of amides is 1. The molecule has 1 aliphatic rings. The average molecular weight is 293 g/mol. The Bertz CT molecular complexity index is 653. The number of rotatable bonds is 3. The van der Waals surface area contributed by atoms with E-state index in [1.165, 1.54) is 16.2 Å². The van der Waals surface area contributed by atoms with Crippen molar-refractivity contribution in [2.45, 2.75) is 25.7 Å². The Morgan fingerprint density at radius 3 is 2.85 bits per heavy atom. The number of fused-ring (bicyclic) bond motifs is 1. The molecule has 0 aromatic carbocycles. The second-order valence-electron chi connectivity index (χ2n) is 4.43. The number of thiazole rings is 1. The fraction of sp³-hybridized carbons (Fsp3) is 0.333. The molecule has 20 heavy (non-hydrogen) atoms. The van der Waals surface area contributed by atoms with E-state index in [2.05, 4.69) is 20.0 Å². The second-order valence-corrected chi connectivity index (χ2v) is 5.52. The van der Waals surface area contributed by atoms with E-state index in [4.69, 9.17) is 5.11 Å². The Balaban J connectivity index is 1.74. The van der Waals surface area contributed by atoms with Gasteiger partial charge in [0.1, 0.15) is 0 Å². The Morgan fingerprint density at radius 2 is 2.15 bits per heavy atom. The van der Waals surface area contributed by atoms with Gasteiger partial charge in [-0.05, 0) is 25.7 Å². The van der Waals surface area contributed by atoms with E-state index < -0.39 is 11.9 Å². The highest BCUT2D eigenvalue weighted by Crippen LogP contribution is 2.29. The summed E-state index contributed by atoms with van der Waals surface area (Å²) < 4.78 is 4.54. The number of carbonyl (C=O) groups is 2. The lowest BCUT2D eigenvalue weighted by atomic mass is 10.0. The molecule has 3 rings (SSSR count). The van der Waals surface area contributed by atoms with Gasteiger partial charge in [0.05, 0.1) is 5.69 Å². The smallest absolute Gasteiger partial charge is 0.374 e. The van der Waals surface area contributed by atoms with Crippen LogP contribution in [0.25, 0.3) is 0 Å². The van der Waals surface area contributed by atoms with Crippen molar-refractivity contribution in [2.75, 3.05) is 5.32 Å². The summed E-state index contributed by atoms with van der Waals surface area (Å²) >= 11 is 1.45. The van der Waals surface area contributed by atoms with E-state index in [1.54, 1.807) is 0 Å². The van der Waals surface area contributed by atoms with Crippen LogP contribution in [-0.4, -0.2) is 27.1 Å². The van der Waals surface area contributed by atoms with Crippen molar-refractivity contribution in [3.63, 3.8) is 0 Å². The summed E-state index contributed by atoms with van der Waals surface area (Å²) in [6.07, 6.45) is 4.20. The quantitative estimate of drug-likeness (QED) is 0.896. The molecule has 2 aromatic rings. The number of nitrogens with zero attached hydrogens (tertiary/aromatic N) is 2. The highest BCUT2D eigenvalue weighted by Gasteiger charge is 2.20. The van der Waals surface area contributed by atoms with Crippen LogP contribution in [0.1, 0.15) is 44.5 Å². The summed E-state index contributed by atoms with van der Waals surface area (Å²) in [5.41, 5.74) is 0.971. The van der Waals surface area contributed by atoms with Crippen molar-refractivity contribution in [3.8, 4) is 0 Å². The molecule has 104 valence electrons. The fourth-order valence-corrected chi connectivity index (χ4v) is 3.09. The van der Waals surface area contributed by atoms with Crippen molar-refractivity contribution in [1.29, 1.82) is 0 Å². The third-order valence-electron chi connectivity index (χ3n) is 3.02. The van der Waals surface area contributed by atoms with Crippen LogP contribution in [0.15, 0.2) is 10.6 Å². The summed E-state index contributed by atoms with van der Waals surface area (Å²) in [7, 11) is 0. The molecule has 0 spiro atoms. The monoisotopic (exact) mass is 293 g/mol. The number of carboxylic acid groups (broad SMARTS) is 1. The number of aromatic carboxylic acids is 1. The zero-order valence-corrected chi connectivity index (χ0v) is 11.2. The highest BCUT2D eigenvalue weighted by molar-refractivity contribution is 7.15. The summed E-state index contributed by atoms with van der Waals surface area (Å²) in [5.74, 6) is -2.15. The maximum Gasteiger partial charge on any atom is 0.374 e. The van der Waals surface area contributed by atoms with Crippen LogP contribution < -0.4 is 5.32 Å². The minimum absolute atomic E-state index is 0.0735. The molecule has 2 heterocycles. The first-order valence-electron chi connectivity index (χ1n) is 6.13. The summed E-state index contributed by atoms with van der Waals surface area (Å²) in [5, 5.41) is 15.3. The fourth-order valence-electron chi connectivity index (χ4n) is 2.05. The van der Waals surface area contributed by atoms with Gasteiger partial charge >= 0.3 is 5.97 Å². The zero-order chi connectivity index (χ0) is 14.1. The molecule has 0 bridgehead atoms. The summed E-state index contributed by atoms with van der Waals surface area (Å²) in [4.78, 5) is 28.1. The number of aromatic nitrogens is 2. The van der Waals surface area contributed by atoms with Crippen LogP contribution in [0.4, 0.5) is 5.13 Å². The molecule has 0 atom stereocenters. The van der Waals surface area contributed by atoms with Gasteiger partial charge in [0, 0.05) is 10.9 Å². The number of hydrogen-bond donors (Lipinski definition) is 2. The lowest BCUT2D eigenvalue weighted by Crippen LogP contribution is -2.12. The highest BCUT2D eigenvalue weighted by atomic mass is 32.1. The molecular formula is C12H11N3O4S. The Labute approximate surface area is 117 Å². The Kier molecular flexibility index (Phi) is 3.23. The van der Waals surface area contributed by atoms with E-state index in [9.17, 15) is 9.59 Å². The molecule has 0 fully saturated rings. The first kappa shape index (κ1) is 12.8.